The molecule has 5 saturated carbocycles. The maximum Gasteiger partial charge on any atom is 0.341 e. The molecule has 0 amide bonds. The van der Waals surface area contributed by atoms with Crippen LogP contribution in [0.5, 0.6) is 0 Å². The molecule has 8 fully saturated rings. The summed E-state index contributed by atoms with van der Waals surface area (Å²) in [7, 11) is 0. The van der Waals surface area contributed by atoms with Crippen molar-refractivity contribution in [1.82, 2.24) is 0 Å². The van der Waals surface area contributed by atoms with Gasteiger partial charge in [0.15, 0.2) is 11.7 Å². The number of ketones is 1. The number of hydrogen-bond donors (Lipinski definition) is 2. The largest absolute Gasteiger partial charge is 0.462 e. The minimum atomic E-state index is -2.22. The van der Waals surface area contributed by atoms with Gasteiger partial charge in [-0.2, -0.15) is 0 Å². The van der Waals surface area contributed by atoms with E-state index < -0.39 is 147 Å². The van der Waals surface area contributed by atoms with Gasteiger partial charge in [-0.25, -0.2) is 4.79 Å². The summed E-state index contributed by atoms with van der Waals surface area (Å²) in [5.74, 6) is -10.6. The van der Waals surface area contributed by atoms with Crippen LogP contribution in [0.1, 0.15) is 88.5 Å². The number of fused-ring (bicyclic) bond motifs is 9. The Bertz CT molecular complexity index is 1740. The van der Waals surface area contributed by atoms with Crippen LogP contribution >= 0.6 is 0 Å². The number of ether oxygens (including phenoxy) is 7. The van der Waals surface area contributed by atoms with Crippen molar-refractivity contribution in [3.05, 3.63) is 0 Å². The lowest BCUT2D eigenvalue weighted by molar-refractivity contribution is -0.270. The van der Waals surface area contributed by atoms with Gasteiger partial charge in [0.1, 0.15) is 36.1 Å². The average Bonchev–Trinajstić information content (AvgIpc) is 3.94. The van der Waals surface area contributed by atoms with Crippen molar-refractivity contribution in [3.63, 3.8) is 0 Å². The van der Waals surface area contributed by atoms with E-state index in [2.05, 4.69) is 0 Å². The number of rotatable bonds is 6. The van der Waals surface area contributed by atoms with Gasteiger partial charge in [-0.1, -0.05) is 34.6 Å². The molecule has 15 nitrogen and oxygen atoms in total. The molecule has 8 rings (SSSR count). The molecule has 0 radical (unpaired) electrons. The zero-order valence-corrected chi connectivity index (χ0v) is 32.4. The molecule has 3 heterocycles. The number of Topliss-reactive ketones (excluding diaryl/α,β-unsaturated/α-hetero) is 1. The second-order valence-corrected chi connectivity index (χ2v) is 18.7. The Balaban J connectivity index is 1.38. The summed E-state index contributed by atoms with van der Waals surface area (Å²) < 4.78 is 42.9. The first kappa shape index (κ1) is 37.8. The second-order valence-electron chi connectivity index (χ2n) is 18.7. The van der Waals surface area contributed by atoms with Crippen molar-refractivity contribution in [1.29, 1.82) is 0 Å². The Kier molecular flexibility index (Phi) is 7.87. The SMILES string of the molecule is CC(=O)O[C@@H]1[C@H]2[C@@H]3[C@@H](OC(C)=O)C(=O)[C@@]4(O)C[C@@H]5O[C@@H]5[C@H](OC(=O)CC(C)C)[C@]4(C)[C@H]3C[C@H](OC(C)=O)[C@]2(C)[C@H]2[C@H](C)[C@@H]3O[C@@]34OC(=O)[C@@](C)(O)[C@]4(C)[C@H]12. The van der Waals surface area contributed by atoms with Gasteiger partial charge in [0.25, 0.3) is 0 Å². The lowest BCUT2D eigenvalue weighted by atomic mass is 9.40. The molecule has 3 saturated heterocycles. The highest BCUT2D eigenvalue weighted by Crippen LogP contribution is 2.81. The van der Waals surface area contributed by atoms with Crippen LogP contribution < -0.4 is 0 Å². The molecule has 15 heteroatoms. The molecule has 0 unspecified atom stereocenters. The summed E-state index contributed by atoms with van der Waals surface area (Å²) in [5, 5.41) is 24.9. The molecule has 0 aromatic heterocycles. The number of hydrogen-bond acceptors (Lipinski definition) is 15. The first-order chi connectivity index (χ1) is 24.9. The average molecular weight is 761 g/mol. The Morgan fingerprint density at radius 2 is 1.52 bits per heavy atom. The van der Waals surface area contributed by atoms with E-state index in [1.165, 1.54) is 20.8 Å². The third kappa shape index (κ3) is 4.33. The van der Waals surface area contributed by atoms with E-state index in [9.17, 15) is 34.2 Å². The number of epoxide rings is 2. The predicted molar refractivity (Wildman–Crippen MR) is 179 cm³/mol. The van der Waals surface area contributed by atoms with Crippen LogP contribution in [0.2, 0.25) is 0 Å². The summed E-state index contributed by atoms with van der Waals surface area (Å²) in [6.07, 6.45) is -6.81. The summed E-state index contributed by atoms with van der Waals surface area (Å²) in [4.78, 5) is 81.4. The normalized spacial score (nSPS) is 54.3. The van der Waals surface area contributed by atoms with Crippen LogP contribution in [0.3, 0.4) is 0 Å². The van der Waals surface area contributed by atoms with Crippen molar-refractivity contribution in [2.75, 3.05) is 0 Å². The smallest absolute Gasteiger partial charge is 0.341 e. The molecule has 3 aliphatic heterocycles. The third-order valence-electron chi connectivity index (χ3n) is 15.7. The summed E-state index contributed by atoms with van der Waals surface area (Å²) in [6, 6.07) is 0. The number of esters is 5. The van der Waals surface area contributed by atoms with Crippen molar-refractivity contribution in [2.24, 2.45) is 57.7 Å². The third-order valence-corrected chi connectivity index (χ3v) is 15.7. The Morgan fingerprint density at radius 3 is 2.11 bits per heavy atom. The van der Waals surface area contributed by atoms with Crippen LogP contribution in [-0.2, 0) is 61.9 Å². The monoisotopic (exact) mass is 760 g/mol. The molecular formula is C39H52O15. The standard InChI is InChI=1S/C39H52O15/c1-14(2)11-22(43)52-32-27-20(51-27)13-38(47)30(44)28(49-17(5)41)23-19(35(32,38)8)12-21(48-16(4)40)34(7)24-15(3)31-39(53-31)36(9,37(10,46)33(45)54-39)26(24)29(25(23)34)50-18(6)42/h14-15,19-21,23-29,31-32,46-47H,11-13H2,1-10H3/t15-,19-,20-,21-,23+,24-,25+,26-,27-,28+,29+,31-,32-,34+,35-,36-,37+,38-,39+/m0/s1. The molecule has 8 aliphatic rings. The van der Waals surface area contributed by atoms with Gasteiger partial charge >= 0.3 is 29.8 Å². The molecule has 19 atom stereocenters. The lowest BCUT2D eigenvalue weighted by Crippen LogP contribution is -2.77. The van der Waals surface area contributed by atoms with Gasteiger partial charge in [0, 0.05) is 62.2 Å². The highest BCUT2D eigenvalue weighted by Gasteiger charge is 2.93. The maximum absolute atomic E-state index is 15.1. The number of carbonyl (C=O) groups is 6. The molecule has 0 aromatic rings. The van der Waals surface area contributed by atoms with Crippen LogP contribution in [0, 0.1) is 57.7 Å². The molecule has 1 spiro atoms. The van der Waals surface area contributed by atoms with Gasteiger partial charge < -0.3 is 43.4 Å². The van der Waals surface area contributed by atoms with Crippen molar-refractivity contribution in [2.45, 2.75) is 148 Å². The fourth-order valence-corrected chi connectivity index (χ4v) is 13.4. The van der Waals surface area contributed by atoms with E-state index >= 15 is 4.79 Å². The first-order valence-electron chi connectivity index (χ1n) is 19.2. The van der Waals surface area contributed by atoms with E-state index in [4.69, 9.17) is 33.2 Å². The van der Waals surface area contributed by atoms with Crippen LogP contribution in [0.15, 0.2) is 0 Å². The van der Waals surface area contributed by atoms with Gasteiger partial charge in [-0.15, -0.1) is 0 Å². The van der Waals surface area contributed by atoms with Crippen LogP contribution in [0.25, 0.3) is 0 Å². The number of aliphatic hydroxyl groups is 2. The minimum Gasteiger partial charge on any atom is -0.462 e. The molecule has 2 N–H and O–H groups in total. The Morgan fingerprint density at radius 1 is 0.889 bits per heavy atom. The molecule has 5 aliphatic carbocycles. The van der Waals surface area contributed by atoms with E-state index in [1.807, 2.05) is 27.7 Å². The van der Waals surface area contributed by atoms with Crippen molar-refractivity contribution < 1.29 is 72.1 Å². The molecule has 54 heavy (non-hydrogen) atoms. The minimum absolute atomic E-state index is 0.0264. The topological polar surface area (TPSA) is 214 Å². The summed E-state index contributed by atoms with van der Waals surface area (Å²) >= 11 is 0. The van der Waals surface area contributed by atoms with E-state index in [0.29, 0.717) is 0 Å². The highest BCUT2D eigenvalue weighted by molar-refractivity contribution is 5.95. The fourth-order valence-electron chi connectivity index (χ4n) is 13.4. The zero-order valence-electron chi connectivity index (χ0n) is 32.4. The molecule has 0 aromatic carbocycles. The number of carbonyl (C=O) groups excluding carboxylic acids is 6. The van der Waals surface area contributed by atoms with Crippen molar-refractivity contribution >= 4 is 35.6 Å². The van der Waals surface area contributed by atoms with E-state index in [-0.39, 0.29) is 25.2 Å². The van der Waals surface area contributed by atoms with E-state index in [0.717, 1.165) is 6.92 Å². The predicted octanol–water partition coefficient (Wildman–Crippen LogP) is 1.79. The van der Waals surface area contributed by atoms with E-state index in [1.54, 1.807) is 13.8 Å². The van der Waals surface area contributed by atoms with Crippen LogP contribution in [0.4, 0.5) is 0 Å². The maximum atomic E-state index is 15.1. The molecule has 0 bridgehead atoms. The summed E-state index contributed by atoms with van der Waals surface area (Å²) in [6.45, 7) is 15.9. The highest BCUT2D eigenvalue weighted by atomic mass is 16.8. The Hall–Kier alpha value is -3.14. The fraction of sp³-hybridized carbons (Fsp3) is 0.846. The lowest BCUT2D eigenvalue weighted by Gasteiger charge is -2.65. The second kappa shape index (κ2) is 11.3. The van der Waals surface area contributed by atoms with Gasteiger partial charge in [-0.3, -0.25) is 24.0 Å². The quantitative estimate of drug-likeness (QED) is 0.224. The van der Waals surface area contributed by atoms with Gasteiger partial charge in [0.2, 0.25) is 11.6 Å². The molecule has 298 valence electrons. The Labute approximate surface area is 313 Å². The molecular weight excluding hydrogens is 708 g/mol. The van der Waals surface area contributed by atoms with Gasteiger partial charge in [-0.05, 0) is 43.9 Å². The van der Waals surface area contributed by atoms with Gasteiger partial charge in [0.05, 0.1) is 11.5 Å². The summed E-state index contributed by atoms with van der Waals surface area (Å²) in [5.41, 5.74) is -8.64. The zero-order chi connectivity index (χ0) is 39.6. The van der Waals surface area contributed by atoms with Crippen LogP contribution in [-0.4, -0.2) is 106 Å². The van der Waals surface area contributed by atoms with Crippen molar-refractivity contribution in [3.8, 4) is 0 Å². The first-order valence-corrected chi connectivity index (χ1v) is 19.2.